The highest BCUT2D eigenvalue weighted by molar-refractivity contribution is 6.16. The number of ether oxygens (including phenoxy) is 1. The maximum Gasteiger partial charge on any atom is 0.282 e. The molecule has 27 heavy (non-hydrogen) atoms. The van der Waals surface area contributed by atoms with Crippen LogP contribution in [0, 0.1) is 6.92 Å². The average Bonchev–Trinajstić information content (AvgIpc) is 2.66. The molecule has 142 valence electrons. The monoisotopic (exact) mass is 367 g/mol. The zero-order valence-corrected chi connectivity index (χ0v) is 16.0. The topological polar surface area (TPSA) is 71.5 Å². The molecule has 1 aliphatic rings. The largest absolute Gasteiger partial charge is 0.464 e. The second kappa shape index (κ2) is 7.78. The molecule has 0 saturated heterocycles. The van der Waals surface area contributed by atoms with Gasteiger partial charge in [-0.2, -0.15) is 0 Å². The molecule has 2 aromatic rings. The molecule has 1 aliphatic heterocycles. The number of aromatic nitrogens is 1. The SMILES string of the molecule is CCCCN1C(=O)[C@@](C)(C(=O)NCc2cccc(C)c2)Oc2cccnc21. The molecule has 1 N–H and O–H groups in total. The summed E-state index contributed by atoms with van der Waals surface area (Å²) in [6.07, 6.45) is 3.38. The van der Waals surface area contributed by atoms with Gasteiger partial charge < -0.3 is 10.1 Å². The fourth-order valence-corrected chi connectivity index (χ4v) is 3.12. The minimum atomic E-state index is -1.62. The Kier molecular flexibility index (Phi) is 5.44. The number of anilines is 1. The van der Waals surface area contributed by atoms with Gasteiger partial charge in [0.1, 0.15) is 0 Å². The van der Waals surface area contributed by atoms with Crippen LogP contribution < -0.4 is 15.0 Å². The summed E-state index contributed by atoms with van der Waals surface area (Å²) in [5.41, 5.74) is 0.469. The molecule has 1 aromatic carbocycles. The van der Waals surface area contributed by atoms with Crippen molar-refractivity contribution in [3.8, 4) is 5.75 Å². The van der Waals surface area contributed by atoms with Crippen LogP contribution >= 0.6 is 0 Å². The van der Waals surface area contributed by atoms with Crippen molar-refractivity contribution < 1.29 is 14.3 Å². The Morgan fingerprint density at radius 3 is 2.85 bits per heavy atom. The van der Waals surface area contributed by atoms with E-state index >= 15 is 0 Å². The number of pyridine rings is 1. The highest BCUT2D eigenvalue weighted by Crippen LogP contribution is 2.36. The van der Waals surface area contributed by atoms with Crippen LogP contribution in [0.2, 0.25) is 0 Å². The zero-order valence-electron chi connectivity index (χ0n) is 16.0. The van der Waals surface area contributed by atoms with E-state index in [0.717, 1.165) is 24.0 Å². The van der Waals surface area contributed by atoms with Crippen molar-refractivity contribution in [1.29, 1.82) is 0 Å². The van der Waals surface area contributed by atoms with E-state index < -0.39 is 11.5 Å². The van der Waals surface area contributed by atoms with Gasteiger partial charge in [-0.1, -0.05) is 43.2 Å². The second-order valence-corrected chi connectivity index (χ2v) is 6.94. The van der Waals surface area contributed by atoms with Crippen LogP contribution in [-0.4, -0.2) is 28.9 Å². The lowest BCUT2D eigenvalue weighted by Crippen LogP contribution is -2.62. The Bertz CT molecular complexity index is 852. The third kappa shape index (κ3) is 3.79. The van der Waals surface area contributed by atoms with Crippen LogP contribution in [0.3, 0.4) is 0 Å². The molecular weight excluding hydrogens is 342 g/mol. The van der Waals surface area contributed by atoms with Crippen LogP contribution in [0.25, 0.3) is 0 Å². The summed E-state index contributed by atoms with van der Waals surface area (Å²) in [4.78, 5) is 31.9. The Morgan fingerprint density at radius 2 is 2.11 bits per heavy atom. The normalized spacial score (nSPS) is 18.6. The maximum atomic E-state index is 13.1. The van der Waals surface area contributed by atoms with Crippen molar-refractivity contribution >= 4 is 17.6 Å². The van der Waals surface area contributed by atoms with Gasteiger partial charge >= 0.3 is 0 Å². The van der Waals surface area contributed by atoms with Gasteiger partial charge in [0.05, 0.1) is 0 Å². The molecule has 6 heteroatoms. The number of fused-ring (bicyclic) bond motifs is 1. The van der Waals surface area contributed by atoms with E-state index in [1.165, 1.54) is 6.92 Å². The van der Waals surface area contributed by atoms with Crippen LogP contribution in [-0.2, 0) is 16.1 Å². The van der Waals surface area contributed by atoms with Crippen molar-refractivity contribution in [2.24, 2.45) is 0 Å². The summed E-state index contributed by atoms with van der Waals surface area (Å²) >= 11 is 0. The second-order valence-electron chi connectivity index (χ2n) is 6.94. The van der Waals surface area contributed by atoms with Crippen molar-refractivity contribution in [2.75, 3.05) is 11.4 Å². The summed E-state index contributed by atoms with van der Waals surface area (Å²) in [7, 11) is 0. The van der Waals surface area contributed by atoms with Gasteiger partial charge in [-0.25, -0.2) is 4.98 Å². The first kappa shape index (κ1) is 18.9. The number of aryl methyl sites for hydroxylation is 1. The van der Waals surface area contributed by atoms with E-state index in [9.17, 15) is 9.59 Å². The molecule has 1 aromatic heterocycles. The molecule has 0 unspecified atom stereocenters. The van der Waals surface area contributed by atoms with Crippen molar-refractivity contribution in [1.82, 2.24) is 10.3 Å². The maximum absolute atomic E-state index is 13.1. The van der Waals surface area contributed by atoms with Crippen LogP contribution in [0.5, 0.6) is 5.75 Å². The summed E-state index contributed by atoms with van der Waals surface area (Å²) in [6, 6.07) is 11.3. The van der Waals surface area contributed by atoms with Crippen molar-refractivity contribution in [3.05, 3.63) is 53.7 Å². The minimum absolute atomic E-state index is 0.335. The van der Waals surface area contributed by atoms with Gasteiger partial charge in [0, 0.05) is 19.3 Å². The number of carbonyl (C=O) groups excluding carboxylic acids is 2. The van der Waals surface area contributed by atoms with Crippen LogP contribution in [0.1, 0.15) is 37.8 Å². The Hall–Kier alpha value is -2.89. The highest BCUT2D eigenvalue weighted by atomic mass is 16.5. The molecule has 0 aliphatic carbocycles. The van der Waals surface area contributed by atoms with E-state index in [-0.39, 0.29) is 5.91 Å². The summed E-state index contributed by atoms with van der Waals surface area (Å²) in [6.45, 7) is 6.41. The Balaban J connectivity index is 1.82. The van der Waals surface area contributed by atoms with Crippen LogP contribution in [0.15, 0.2) is 42.6 Å². The number of rotatable bonds is 6. The predicted molar refractivity (Wildman–Crippen MR) is 104 cm³/mol. The summed E-state index contributed by atoms with van der Waals surface area (Å²) < 4.78 is 5.85. The number of unbranched alkanes of at least 4 members (excludes halogenated alkanes) is 1. The number of nitrogens with one attached hydrogen (secondary N) is 1. The minimum Gasteiger partial charge on any atom is -0.464 e. The number of carbonyl (C=O) groups is 2. The van der Waals surface area contributed by atoms with Gasteiger partial charge in [0.25, 0.3) is 17.4 Å². The lowest BCUT2D eigenvalue weighted by molar-refractivity contribution is -0.148. The first-order chi connectivity index (χ1) is 13.0. The summed E-state index contributed by atoms with van der Waals surface area (Å²) in [5, 5.41) is 2.84. The third-order valence-corrected chi connectivity index (χ3v) is 4.68. The van der Waals surface area contributed by atoms with Gasteiger partial charge in [-0.15, -0.1) is 0 Å². The molecule has 0 spiro atoms. The first-order valence-corrected chi connectivity index (χ1v) is 9.25. The number of amides is 2. The number of hydrogen-bond acceptors (Lipinski definition) is 4. The molecule has 0 radical (unpaired) electrons. The fourth-order valence-electron chi connectivity index (χ4n) is 3.12. The highest BCUT2D eigenvalue weighted by Gasteiger charge is 2.50. The predicted octanol–water partition coefficient (Wildman–Crippen LogP) is 2.99. The third-order valence-electron chi connectivity index (χ3n) is 4.68. The first-order valence-electron chi connectivity index (χ1n) is 9.25. The van der Waals surface area contributed by atoms with E-state index in [0.29, 0.717) is 24.7 Å². The molecule has 2 amide bonds. The molecule has 2 heterocycles. The smallest absolute Gasteiger partial charge is 0.282 e. The van der Waals surface area contributed by atoms with E-state index in [1.54, 1.807) is 23.2 Å². The molecule has 0 bridgehead atoms. The van der Waals surface area contributed by atoms with E-state index in [2.05, 4.69) is 17.2 Å². The molecular formula is C21H25N3O3. The number of nitrogens with zero attached hydrogens (tertiary/aromatic N) is 2. The summed E-state index contributed by atoms with van der Waals surface area (Å²) in [5.74, 6) is 0.0789. The molecule has 1 atom stereocenters. The lowest BCUT2D eigenvalue weighted by Gasteiger charge is -2.38. The lowest BCUT2D eigenvalue weighted by atomic mass is 10.0. The van der Waals surface area contributed by atoms with Gasteiger partial charge in [-0.3, -0.25) is 14.5 Å². The zero-order chi connectivity index (χ0) is 19.4. The Labute approximate surface area is 159 Å². The van der Waals surface area contributed by atoms with Crippen molar-refractivity contribution in [3.63, 3.8) is 0 Å². The number of hydrogen-bond donors (Lipinski definition) is 1. The quantitative estimate of drug-likeness (QED) is 0.797. The molecule has 3 rings (SSSR count). The van der Waals surface area contributed by atoms with Crippen molar-refractivity contribution in [2.45, 2.75) is 45.8 Å². The average molecular weight is 367 g/mol. The fraction of sp³-hybridized carbons (Fsp3) is 0.381. The molecule has 0 fully saturated rings. The Morgan fingerprint density at radius 1 is 1.30 bits per heavy atom. The number of benzene rings is 1. The molecule has 0 saturated carbocycles. The van der Waals surface area contributed by atoms with Gasteiger partial charge in [-0.05, 0) is 38.0 Å². The standard InChI is InChI=1S/C21H25N3O3/c1-4-5-12-24-18-17(10-7-11-22-18)27-21(3,20(24)26)19(25)23-14-16-9-6-8-15(2)13-16/h6-11,13H,4-5,12,14H2,1-3H3,(H,23,25)/t21-/m1/s1. The molecule has 6 nitrogen and oxygen atoms in total. The van der Waals surface area contributed by atoms with E-state index in [1.807, 2.05) is 31.2 Å². The van der Waals surface area contributed by atoms with Gasteiger partial charge in [0.2, 0.25) is 0 Å². The van der Waals surface area contributed by atoms with Gasteiger partial charge in [0.15, 0.2) is 11.6 Å². The van der Waals surface area contributed by atoms with E-state index in [4.69, 9.17) is 4.74 Å². The van der Waals surface area contributed by atoms with Crippen LogP contribution in [0.4, 0.5) is 5.82 Å².